The molecule has 1 saturated carbocycles. The largest absolute Gasteiger partial charge is 0.496 e. The van der Waals surface area contributed by atoms with Gasteiger partial charge in [-0.15, -0.1) is 0 Å². The lowest BCUT2D eigenvalue weighted by Crippen LogP contribution is -2.57. The van der Waals surface area contributed by atoms with E-state index < -0.39 is 11.9 Å². The van der Waals surface area contributed by atoms with Gasteiger partial charge >= 0.3 is 0 Å². The lowest BCUT2D eigenvalue weighted by atomic mass is 9.87. The van der Waals surface area contributed by atoms with Gasteiger partial charge in [-0.1, -0.05) is 25.0 Å². The Hall–Kier alpha value is -4.15. The smallest absolute Gasteiger partial charge is 0.251 e. The van der Waals surface area contributed by atoms with Crippen LogP contribution in [0.1, 0.15) is 76.8 Å². The number of aliphatic imine (C=N–C) groups is 1. The van der Waals surface area contributed by atoms with E-state index in [0.29, 0.717) is 49.4 Å². The first-order valence-corrected chi connectivity index (χ1v) is 16.1. The van der Waals surface area contributed by atoms with Crippen LogP contribution < -0.4 is 15.4 Å². The molecule has 0 unspecified atom stereocenters. The van der Waals surface area contributed by atoms with E-state index in [4.69, 9.17) is 9.73 Å². The van der Waals surface area contributed by atoms with Gasteiger partial charge in [0.2, 0.25) is 5.91 Å². The number of nitrogens with zero attached hydrogens (tertiary/aromatic N) is 3. The van der Waals surface area contributed by atoms with Crippen LogP contribution in [0.15, 0.2) is 59.7 Å². The highest BCUT2D eigenvalue weighted by Gasteiger charge is 2.38. The molecule has 0 radical (unpaired) electrons. The number of aromatic nitrogens is 1. The normalized spacial score (nSPS) is 20.6. The van der Waals surface area contributed by atoms with Crippen molar-refractivity contribution in [2.45, 2.75) is 70.6 Å². The number of hydrogen-bond donors (Lipinski definition) is 3. The molecular formula is C36H42FN5O4. The number of aliphatic hydroxyl groups excluding tert-OH is 1. The number of halogens is 1. The molecule has 0 spiro atoms. The van der Waals surface area contributed by atoms with Crippen LogP contribution in [0.4, 0.5) is 4.39 Å². The van der Waals surface area contributed by atoms with E-state index in [-0.39, 0.29) is 36.4 Å². The maximum absolute atomic E-state index is 15.1. The molecule has 0 bridgehead atoms. The molecular weight excluding hydrogens is 585 g/mol. The summed E-state index contributed by atoms with van der Waals surface area (Å²) in [6.45, 7) is 3.47. The lowest BCUT2D eigenvalue weighted by Gasteiger charge is -2.40. The monoisotopic (exact) mass is 627 g/mol. The molecule has 242 valence electrons. The Labute approximate surface area is 269 Å². The summed E-state index contributed by atoms with van der Waals surface area (Å²) in [4.78, 5) is 38.2. The van der Waals surface area contributed by atoms with Crippen LogP contribution in [0.25, 0.3) is 0 Å². The first-order valence-electron chi connectivity index (χ1n) is 16.1. The van der Waals surface area contributed by atoms with Crippen LogP contribution in [0.2, 0.25) is 0 Å². The number of ether oxygens (including phenoxy) is 1. The van der Waals surface area contributed by atoms with Gasteiger partial charge in [-0.3, -0.25) is 24.5 Å². The number of aliphatic hydroxyl groups is 1. The lowest BCUT2D eigenvalue weighted by molar-refractivity contribution is -0.128. The third-order valence-electron chi connectivity index (χ3n) is 9.82. The number of nitrogens with one attached hydrogen (secondary N) is 2. The van der Waals surface area contributed by atoms with Crippen molar-refractivity contribution in [3.8, 4) is 5.75 Å². The number of piperidine rings is 1. The molecule has 46 heavy (non-hydrogen) atoms. The van der Waals surface area contributed by atoms with Crippen LogP contribution >= 0.6 is 0 Å². The molecule has 9 nitrogen and oxygen atoms in total. The van der Waals surface area contributed by atoms with Crippen molar-refractivity contribution in [1.29, 1.82) is 0 Å². The molecule has 3 aromatic rings. The fourth-order valence-electron chi connectivity index (χ4n) is 7.16. The number of likely N-dealkylation sites (tertiary alicyclic amines) is 1. The van der Waals surface area contributed by atoms with Gasteiger partial charge in [0.15, 0.2) is 0 Å². The third kappa shape index (κ3) is 6.69. The molecule has 3 aliphatic rings. The Balaban J connectivity index is 1.18. The van der Waals surface area contributed by atoms with Crippen molar-refractivity contribution < 1.29 is 23.8 Å². The van der Waals surface area contributed by atoms with Gasteiger partial charge in [-0.25, -0.2) is 4.39 Å². The molecule has 2 aromatic carbocycles. The van der Waals surface area contributed by atoms with Gasteiger partial charge in [0.05, 0.1) is 32.0 Å². The van der Waals surface area contributed by atoms with E-state index in [1.165, 1.54) is 13.2 Å². The van der Waals surface area contributed by atoms with Crippen molar-refractivity contribution in [1.82, 2.24) is 20.5 Å². The Kier molecular flexibility index (Phi) is 9.47. The predicted molar refractivity (Wildman–Crippen MR) is 173 cm³/mol. The molecule has 1 aliphatic carbocycles. The van der Waals surface area contributed by atoms with Gasteiger partial charge in [0.25, 0.3) is 5.91 Å². The highest BCUT2D eigenvalue weighted by Crippen LogP contribution is 2.37. The highest BCUT2D eigenvalue weighted by molar-refractivity contribution is 6.16. The number of amides is 2. The summed E-state index contributed by atoms with van der Waals surface area (Å²) in [7, 11) is 1.50. The first-order chi connectivity index (χ1) is 22.3. The van der Waals surface area contributed by atoms with Crippen molar-refractivity contribution in [2.75, 3.05) is 26.8 Å². The van der Waals surface area contributed by atoms with E-state index in [1.807, 2.05) is 42.2 Å². The average Bonchev–Trinajstić information content (AvgIpc) is 3.72. The molecule has 3 N–H and O–H groups in total. The SMILES string of the molecule is COc1cccc(F)c1CN1C[C@H](NC(=O)c2ccc3c(c2)C(c2ccnc(C)c2)=NC3)CC[C@H]1C(=O)NCC1(CO)CCCC1. The fraction of sp³-hybridized carbons (Fsp3) is 0.444. The number of benzene rings is 2. The van der Waals surface area contributed by atoms with Crippen LogP contribution in [0, 0.1) is 18.2 Å². The van der Waals surface area contributed by atoms with E-state index in [2.05, 4.69) is 15.6 Å². The van der Waals surface area contributed by atoms with Gasteiger partial charge in [-0.05, 0) is 74.6 Å². The number of rotatable bonds is 10. The van der Waals surface area contributed by atoms with Crippen molar-refractivity contribution in [3.63, 3.8) is 0 Å². The molecule has 2 amide bonds. The quantitative estimate of drug-likeness (QED) is 0.309. The molecule has 2 fully saturated rings. The predicted octanol–water partition coefficient (Wildman–Crippen LogP) is 4.32. The van der Waals surface area contributed by atoms with Gasteiger partial charge in [0.1, 0.15) is 11.6 Å². The molecule has 1 saturated heterocycles. The number of methoxy groups -OCH3 is 1. The highest BCUT2D eigenvalue weighted by atomic mass is 19.1. The average molecular weight is 628 g/mol. The Bertz CT molecular complexity index is 1640. The summed E-state index contributed by atoms with van der Waals surface area (Å²) in [5.41, 5.74) is 5.35. The van der Waals surface area contributed by atoms with E-state index in [9.17, 15) is 14.7 Å². The van der Waals surface area contributed by atoms with Gasteiger partial charge < -0.3 is 20.5 Å². The van der Waals surface area contributed by atoms with Crippen molar-refractivity contribution >= 4 is 17.5 Å². The number of fused-ring (bicyclic) bond motifs is 1. The third-order valence-corrected chi connectivity index (χ3v) is 9.82. The summed E-state index contributed by atoms with van der Waals surface area (Å²) >= 11 is 0. The second kappa shape index (κ2) is 13.7. The summed E-state index contributed by atoms with van der Waals surface area (Å²) in [5, 5.41) is 16.3. The van der Waals surface area contributed by atoms with E-state index in [0.717, 1.165) is 53.8 Å². The maximum Gasteiger partial charge on any atom is 0.251 e. The molecule has 6 rings (SSSR count). The summed E-state index contributed by atoms with van der Waals surface area (Å²) in [5.74, 6) is -0.343. The number of carbonyl (C=O) groups is 2. The molecule has 1 aromatic heterocycles. The summed E-state index contributed by atoms with van der Waals surface area (Å²) in [6.07, 6.45) is 6.70. The summed E-state index contributed by atoms with van der Waals surface area (Å²) in [6, 6.07) is 13.5. The minimum absolute atomic E-state index is 0.0421. The van der Waals surface area contributed by atoms with Crippen LogP contribution in [0.3, 0.4) is 0 Å². The van der Waals surface area contributed by atoms with Crippen LogP contribution in [-0.4, -0.2) is 71.4 Å². The fourth-order valence-corrected chi connectivity index (χ4v) is 7.16. The van der Waals surface area contributed by atoms with Gasteiger partial charge in [0, 0.05) is 65.2 Å². The number of aryl methyl sites for hydroxylation is 1. The van der Waals surface area contributed by atoms with E-state index >= 15 is 4.39 Å². The Morgan fingerprint density at radius 1 is 1.13 bits per heavy atom. The first kappa shape index (κ1) is 31.8. The Morgan fingerprint density at radius 3 is 2.72 bits per heavy atom. The zero-order valence-corrected chi connectivity index (χ0v) is 26.5. The number of pyridine rings is 1. The molecule has 3 heterocycles. The van der Waals surface area contributed by atoms with Crippen molar-refractivity contribution in [2.24, 2.45) is 10.4 Å². The minimum Gasteiger partial charge on any atom is -0.496 e. The summed E-state index contributed by atoms with van der Waals surface area (Å²) < 4.78 is 20.5. The molecule has 2 atom stereocenters. The Morgan fingerprint density at radius 2 is 1.96 bits per heavy atom. The maximum atomic E-state index is 15.1. The zero-order valence-electron chi connectivity index (χ0n) is 26.5. The van der Waals surface area contributed by atoms with Crippen molar-refractivity contribution in [3.05, 3.63) is 94.1 Å². The molecule has 10 heteroatoms. The zero-order chi connectivity index (χ0) is 32.3. The topological polar surface area (TPSA) is 116 Å². The number of carbonyl (C=O) groups excluding carboxylic acids is 2. The second-order valence-corrected chi connectivity index (χ2v) is 12.9. The molecule has 2 aliphatic heterocycles. The van der Waals surface area contributed by atoms with Crippen LogP contribution in [0.5, 0.6) is 5.75 Å². The van der Waals surface area contributed by atoms with Crippen LogP contribution in [-0.2, 0) is 17.9 Å². The van der Waals surface area contributed by atoms with Gasteiger partial charge in [-0.2, -0.15) is 0 Å². The standard InChI is InChI=1S/C36H42FN5O4/c1-23-16-24(12-15-38-23)33-28-17-25(8-9-26(28)18-39-33)34(44)41-27-10-11-31(35(45)40-21-36(22-43)13-3-4-14-36)42(19-27)20-29-30(37)6-5-7-32(29)46-2/h5-9,12,15-17,27,31,43H,3-4,10-11,13-14,18-22H2,1-2H3,(H,40,45)(H,41,44)/t27-,31+/m1/s1. The minimum atomic E-state index is -0.516. The number of hydrogen-bond acceptors (Lipinski definition) is 7. The van der Waals surface area contributed by atoms with E-state index in [1.54, 1.807) is 18.3 Å². The second-order valence-electron chi connectivity index (χ2n) is 12.9.